The number of amides is 2. The molecule has 29 heavy (non-hydrogen) atoms. The summed E-state index contributed by atoms with van der Waals surface area (Å²) >= 11 is 0. The Morgan fingerprint density at radius 2 is 1.66 bits per heavy atom. The van der Waals surface area contributed by atoms with Gasteiger partial charge >= 0.3 is 0 Å². The molecular weight excluding hydrogens is 368 g/mol. The molecule has 152 valence electrons. The number of para-hydroxylation sites is 1. The van der Waals surface area contributed by atoms with Crippen LogP contribution in [-0.2, 0) is 0 Å². The summed E-state index contributed by atoms with van der Waals surface area (Å²) in [6.07, 6.45) is 1.13. The van der Waals surface area contributed by atoms with Crippen molar-refractivity contribution < 1.29 is 19.1 Å². The van der Waals surface area contributed by atoms with Crippen LogP contribution < -0.4 is 14.8 Å². The molecule has 4 rings (SSSR count). The molecule has 0 unspecified atom stereocenters. The van der Waals surface area contributed by atoms with Crippen LogP contribution in [-0.4, -0.2) is 43.0 Å². The van der Waals surface area contributed by atoms with E-state index < -0.39 is 0 Å². The first-order valence-corrected chi connectivity index (χ1v) is 10.1. The number of nitrogens with zero attached hydrogens (tertiary/aromatic N) is 1. The zero-order chi connectivity index (χ0) is 20.4. The molecule has 6 heteroatoms. The fraction of sp³-hybridized carbons (Fsp3) is 0.391. The topological polar surface area (TPSA) is 67.9 Å². The zero-order valence-corrected chi connectivity index (χ0v) is 16.8. The van der Waals surface area contributed by atoms with Crippen LogP contribution >= 0.6 is 0 Å². The van der Waals surface area contributed by atoms with Crippen molar-refractivity contribution in [2.24, 2.45) is 11.8 Å². The third-order valence-electron chi connectivity index (χ3n) is 5.37. The smallest absolute Gasteiger partial charge is 0.255 e. The summed E-state index contributed by atoms with van der Waals surface area (Å²) < 4.78 is 11.1. The fourth-order valence-electron chi connectivity index (χ4n) is 4.16. The van der Waals surface area contributed by atoms with E-state index in [0.29, 0.717) is 53.4 Å². The number of carbonyl (C=O) groups excluding carboxylic acids is 2. The lowest BCUT2D eigenvalue weighted by atomic mass is 9.91. The number of nitrogens with one attached hydrogen (secondary N) is 1. The first kappa shape index (κ1) is 19.3. The second kappa shape index (κ2) is 8.15. The van der Waals surface area contributed by atoms with E-state index in [1.54, 1.807) is 30.3 Å². The average molecular weight is 394 g/mol. The van der Waals surface area contributed by atoms with Crippen LogP contribution in [0.1, 0.15) is 41.0 Å². The van der Waals surface area contributed by atoms with Crippen molar-refractivity contribution >= 4 is 17.5 Å². The quantitative estimate of drug-likeness (QED) is 0.859. The summed E-state index contributed by atoms with van der Waals surface area (Å²) in [7, 11) is 0. The van der Waals surface area contributed by atoms with E-state index in [4.69, 9.17) is 9.47 Å². The Bertz CT molecular complexity index is 917. The third kappa shape index (κ3) is 4.21. The number of piperidine rings is 1. The first-order valence-electron chi connectivity index (χ1n) is 10.1. The van der Waals surface area contributed by atoms with Crippen molar-refractivity contribution in [1.82, 2.24) is 4.90 Å². The highest BCUT2D eigenvalue weighted by Gasteiger charge is 2.27. The van der Waals surface area contributed by atoms with Crippen LogP contribution in [0.25, 0.3) is 0 Å². The van der Waals surface area contributed by atoms with Gasteiger partial charge in [-0.15, -0.1) is 0 Å². The van der Waals surface area contributed by atoms with E-state index in [1.165, 1.54) is 0 Å². The van der Waals surface area contributed by atoms with Gasteiger partial charge in [0.2, 0.25) is 0 Å². The number of likely N-dealkylation sites (tertiary alicyclic amines) is 1. The minimum atomic E-state index is -0.289. The maximum absolute atomic E-state index is 13.2. The van der Waals surface area contributed by atoms with Gasteiger partial charge in [-0.3, -0.25) is 9.59 Å². The Hall–Kier alpha value is -3.02. The number of benzene rings is 2. The molecule has 2 aliphatic heterocycles. The van der Waals surface area contributed by atoms with Gasteiger partial charge in [-0.1, -0.05) is 26.0 Å². The Balaban J connectivity index is 1.54. The Morgan fingerprint density at radius 3 is 2.41 bits per heavy atom. The van der Waals surface area contributed by atoms with E-state index in [2.05, 4.69) is 19.2 Å². The Kier molecular flexibility index (Phi) is 5.43. The first-order chi connectivity index (χ1) is 14.0. The third-order valence-corrected chi connectivity index (χ3v) is 5.37. The van der Waals surface area contributed by atoms with Gasteiger partial charge in [-0.2, -0.15) is 0 Å². The summed E-state index contributed by atoms with van der Waals surface area (Å²) in [5, 5.41) is 2.89. The second-order valence-corrected chi connectivity index (χ2v) is 8.01. The van der Waals surface area contributed by atoms with E-state index in [-0.39, 0.29) is 11.8 Å². The molecular formula is C23H26N2O4. The molecule has 0 aliphatic carbocycles. The van der Waals surface area contributed by atoms with Crippen molar-refractivity contribution in [3.63, 3.8) is 0 Å². The van der Waals surface area contributed by atoms with Gasteiger partial charge in [0.05, 0.1) is 11.3 Å². The van der Waals surface area contributed by atoms with Gasteiger partial charge in [0.1, 0.15) is 13.2 Å². The van der Waals surface area contributed by atoms with Crippen LogP contribution in [0.4, 0.5) is 5.69 Å². The standard InChI is InChI=1S/C23H26N2O4/c1-15-11-16(2)14-25(13-15)23(27)18-5-3-4-6-19(18)24-22(26)17-7-8-20-21(12-17)29-10-9-28-20/h3-8,12,15-16H,9-11,13-14H2,1-2H3,(H,24,26)/t15-,16-/m1/s1. The highest BCUT2D eigenvalue weighted by Crippen LogP contribution is 2.31. The number of anilines is 1. The lowest BCUT2D eigenvalue weighted by Gasteiger charge is -2.35. The SMILES string of the molecule is C[C@@H]1C[C@@H](C)CN(C(=O)c2ccccc2NC(=O)c2ccc3c(c2)OCCO3)C1. The van der Waals surface area contributed by atoms with Crippen molar-refractivity contribution in [3.8, 4) is 11.5 Å². The predicted octanol–water partition coefficient (Wildman–Crippen LogP) is 3.83. The average Bonchev–Trinajstić information content (AvgIpc) is 2.72. The maximum atomic E-state index is 13.2. The summed E-state index contributed by atoms with van der Waals surface area (Å²) in [6, 6.07) is 12.3. The van der Waals surface area contributed by atoms with E-state index >= 15 is 0 Å². The van der Waals surface area contributed by atoms with Gasteiger partial charge in [0.15, 0.2) is 11.5 Å². The van der Waals surface area contributed by atoms with E-state index in [0.717, 1.165) is 19.5 Å². The highest BCUT2D eigenvalue weighted by atomic mass is 16.6. The normalized spacial score (nSPS) is 20.8. The minimum absolute atomic E-state index is 0.0403. The lowest BCUT2D eigenvalue weighted by Crippen LogP contribution is -2.42. The largest absolute Gasteiger partial charge is 0.486 e. The number of hydrogen-bond acceptors (Lipinski definition) is 4. The molecule has 0 bridgehead atoms. The summed E-state index contributed by atoms with van der Waals surface area (Å²) in [5.74, 6) is 1.81. The number of fused-ring (bicyclic) bond motifs is 1. The zero-order valence-electron chi connectivity index (χ0n) is 16.8. The van der Waals surface area contributed by atoms with Gasteiger partial charge in [0.25, 0.3) is 11.8 Å². The minimum Gasteiger partial charge on any atom is -0.486 e. The second-order valence-electron chi connectivity index (χ2n) is 8.01. The van der Waals surface area contributed by atoms with Gasteiger partial charge in [0, 0.05) is 18.7 Å². The monoisotopic (exact) mass is 394 g/mol. The van der Waals surface area contributed by atoms with Crippen LogP contribution in [0.5, 0.6) is 11.5 Å². The molecule has 2 aromatic rings. The van der Waals surface area contributed by atoms with Crippen molar-refractivity contribution in [3.05, 3.63) is 53.6 Å². The van der Waals surface area contributed by atoms with Crippen LogP contribution in [0.3, 0.4) is 0 Å². The molecule has 2 aliphatic rings. The fourth-order valence-corrected chi connectivity index (χ4v) is 4.16. The molecule has 0 spiro atoms. The molecule has 6 nitrogen and oxygen atoms in total. The van der Waals surface area contributed by atoms with Crippen LogP contribution in [0, 0.1) is 11.8 Å². The number of ether oxygens (including phenoxy) is 2. The summed E-state index contributed by atoms with van der Waals surface area (Å²) in [5.41, 5.74) is 1.49. The molecule has 0 radical (unpaired) electrons. The van der Waals surface area contributed by atoms with Crippen molar-refractivity contribution in [1.29, 1.82) is 0 Å². The lowest BCUT2D eigenvalue weighted by molar-refractivity contribution is 0.0624. The van der Waals surface area contributed by atoms with Crippen molar-refractivity contribution in [2.75, 3.05) is 31.6 Å². The van der Waals surface area contributed by atoms with E-state index in [1.807, 2.05) is 17.0 Å². The summed E-state index contributed by atoms with van der Waals surface area (Å²) in [4.78, 5) is 27.9. The van der Waals surface area contributed by atoms with Crippen LogP contribution in [0.2, 0.25) is 0 Å². The molecule has 0 saturated carbocycles. The Labute approximate surface area is 170 Å². The molecule has 1 fully saturated rings. The molecule has 0 aromatic heterocycles. The number of carbonyl (C=O) groups is 2. The van der Waals surface area contributed by atoms with E-state index in [9.17, 15) is 9.59 Å². The molecule has 2 heterocycles. The molecule has 2 aromatic carbocycles. The highest BCUT2D eigenvalue weighted by molar-refractivity contribution is 6.09. The van der Waals surface area contributed by atoms with Gasteiger partial charge in [-0.05, 0) is 48.6 Å². The van der Waals surface area contributed by atoms with Crippen molar-refractivity contribution in [2.45, 2.75) is 20.3 Å². The number of hydrogen-bond donors (Lipinski definition) is 1. The predicted molar refractivity (Wildman–Crippen MR) is 111 cm³/mol. The number of rotatable bonds is 3. The van der Waals surface area contributed by atoms with Gasteiger partial charge in [-0.25, -0.2) is 0 Å². The summed E-state index contributed by atoms with van der Waals surface area (Å²) in [6.45, 7) is 6.79. The Morgan fingerprint density at radius 1 is 0.966 bits per heavy atom. The van der Waals surface area contributed by atoms with Gasteiger partial charge < -0.3 is 19.7 Å². The molecule has 2 atom stereocenters. The maximum Gasteiger partial charge on any atom is 0.255 e. The molecule has 2 amide bonds. The van der Waals surface area contributed by atoms with Crippen LogP contribution in [0.15, 0.2) is 42.5 Å². The molecule has 1 N–H and O–H groups in total. The molecule has 1 saturated heterocycles.